The Hall–Kier alpha value is -2.50. The molecule has 3 N–H and O–H groups in total. The summed E-state index contributed by atoms with van der Waals surface area (Å²) in [6.45, 7) is 2.03. The number of rotatable bonds is 4. The van der Waals surface area contributed by atoms with E-state index in [2.05, 4.69) is 10.2 Å². The fraction of sp³-hybridized carbons (Fsp3) is 0.231. The zero-order valence-electron chi connectivity index (χ0n) is 10.8. The van der Waals surface area contributed by atoms with E-state index in [0.717, 1.165) is 11.3 Å². The van der Waals surface area contributed by atoms with Gasteiger partial charge in [-0.15, -0.1) is 0 Å². The Morgan fingerprint density at radius 1 is 1.37 bits per heavy atom. The van der Waals surface area contributed by atoms with Gasteiger partial charge >= 0.3 is 5.97 Å². The second-order valence-corrected chi connectivity index (χ2v) is 3.81. The first-order valence-electron chi connectivity index (χ1n) is 5.82. The number of benzene rings is 1. The Morgan fingerprint density at radius 2 is 2.05 bits per heavy atom. The van der Waals surface area contributed by atoms with Gasteiger partial charge in [-0.1, -0.05) is 12.1 Å². The standard InChI is InChI=1S/C13H15N3O3/c1-3-19-13(17)11-10(12(14)16-15-11)8-4-6-9(18-2)7-5-8/h4-7H,3H2,1-2H3,(H3,14,15,16). The molecule has 1 aromatic carbocycles. The molecular formula is C13H15N3O3. The van der Waals surface area contributed by atoms with Gasteiger partial charge in [0.1, 0.15) is 5.75 Å². The third kappa shape index (κ3) is 2.52. The number of anilines is 1. The largest absolute Gasteiger partial charge is 0.497 e. The van der Waals surface area contributed by atoms with Crippen LogP contribution in [0.4, 0.5) is 5.82 Å². The van der Waals surface area contributed by atoms with Gasteiger partial charge in [-0.3, -0.25) is 5.10 Å². The van der Waals surface area contributed by atoms with Gasteiger partial charge < -0.3 is 15.2 Å². The number of methoxy groups -OCH3 is 1. The van der Waals surface area contributed by atoms with Crippen LogP contribution in [0, 0.1) is 0 Å². The third-order valence-electron chi connectivity index (χ3n) is 2.65. The number of aromatic amines is 1. The number of nitrogen functional groups attached to an aromatic ring is 1. The highest BCUT2D eigenvalue weighted by atomic mass is 16.5. The number of carbonyl (C=O) groups excluding carboxylic acids is 1. The average Bonchev–Trinajstić information content (AvgIpc) is 2.81. The second-order valence-electron chi connectivity index (χ2n) is 3.81. The number of carbonyl (C=O) groups is 1. The van der Waals surface area contributed by atoms with Gasteiger partial charge in [0.05, 0.1) is 19.3 Å². The van der Waals surface area contributed by atoms with Crippen LogP contribution in [0.1, 0.15) is 17.4 Å². The molecule has 0 unspecified atom stereocenters. The van der Waals surface area contributed by atoms with Gasteiger partial charge in [0.25, 0.3) is 0 Å². The molecule has 1 heterocycles. The van der Waals surface area contributed by atoms with Crippen LogP contribution in [0.25, 0.3) is 11.1 Å². The van der Waals surface area contributed by atoms with Crippen LogP contribution in [0.2, 0.25) is 0 Å². The maximum atomic E-state index is 11.8. The molecule has 0 aliphatic rings. The minimum atomic E-state index is -0.475. The van der Waals surface area contributed by atoms with Crippen LogP contribution >= 0.6 is 0 Å². The molecule has 1 aromatic heterocycles. The van der Waals surface area contributed by atoms with Crippen molar-refractivity contribution >= 4 is 11.8 Å². The van der Waals surface area contributed by atoms with E-state index in [0.29, 0.717) is 12.2 Å². The molecule has 6 heteroatoms. The van der Waals surface area contributed by atoms with Gasteiger partial charge in [0.2, 0.25) is 0 Å². The highest BCUT2D eigenvalue weighted by Gasteiger charge is 2.20. The first-order chi connectivity index (χ1) is 9.17. The highest BCUT2D eigenvalue weighted by Crippen LogP contribution is 2.29. The number of aromatic nitrogens is 2. The first kappa shape index (κ1) is 12.9. The molecule has 0 fully saturated rings. The molecule has 0 saturated heterocycles. The first-order valence-corrected chi connectivity index (χ1v) is 5.82. The molecule has 2 aromatic rings. The number of nitrogens with zero attached hydrogens (tertiary/aromatic N) is 1. The molecule has 0 aliphatic carbocycles. The van der Waals surface area contributed by atoms with E-state index in [9.17, 15) is 4.79 Å². The van der Waals surface area contributed by atoms with E-state index >= 15 is 0 Å². The number of H-pyrrole nitrogens is 1. The van der Waals surface area contributed by atoms with Crippen molar-refractivity contribution in [2.45, 2.75) is 6.92 Å². The van der Waals surface area contributed by atoms with Crippen molar-refractivity contribution in [1.29, 1.82) is 0 Å². The van der Waals surface area contributed by atoms with Crippen LogP contribution < -0.4 is 10.5 Å². The van der Waals surface area contributed by atoms with Gasteiger partial charge in [-0.2, -0.15) is 5.10 Å². The summed E-state index contributed by atoms with van der Waals surface area (Å²) in [6, 6.07) is 7.19. The number of hydrogen-bond acceptors (Lipinski definition) is 5. The Balaban J connectivity index is 2.42. The van der Waals surface area contributed by atoms with Crippen LogP contribution in [0.15, 0.2) is 24.3 Å². The number of esters is 1. The van der Waals surface area contributed by atoms with Crippen molar-refractivity contribution in [2.24, 2.45) is 0 Å². The van der Waals surface area contributed by atoms with E-state index in [4.69, 9.17) is 15.2 Å². The maximum absolute atomic E-state index is 11.8. The predicted octanol–water partition coefficient (Wildman–Crippen LogP) is 1.84. The SMILES string of the molecule is CCOC(=O)c1[nH]nc(N)c1-c1ccc(OC)cc1. The molecule has 0 bridgehead atoms. The molecule has 6 nitrogen and oxygen atoms in total. The van der Waals surface area contributed by atoms with Crippen molar-refractivity contribution in [1.82, 2.24) is 10.2 Å². The second kappa shape index (κ2) is 5.43. The van der Waals surface area contributed by atoms with E-state index in [1.165, 1.54) is 0 Å². The van der Waals surface area contributed by atoms with E-state index in [1.807, 2.05) is 12.1 Å². The Kier molecular flexibility index (Phi) is 3.70. The normalized spacial score (nSPS) is 10.2. The summed E-state index contributed by atoms with van der Waals surface area (Å²) in [5, 5.41) is 6.46. The van der Waals surface area contributed by atoms with Crippen LogP contribution in [-0.4, -0.2) is 29.9 Å². The lowest BCUT2D eigenvalue weighted by Crippen LogP contribution is -2.06. The van der Waals surface area contributed by atoms with Crippen molar-refractivity contribution in [3.8, 4) is 16.9 Å². The number of nitrogens with two attached hydrogens (primary N) is 1. The zero-order valence-corrected chi connectivity index (χ0v) is 10.8. The summed E-state index contributed by atoms with van der Waals surface area (Å²) in [4.78, 5) is 11.8. The molecule has 0 spiro atoms. The number of hydrogen-bond donors (Lipinski definition) is 2. The predicted molar refractivity (Wildman–Crippen MR) is 70.9 cm³/mol. The van der Waals surface area contributed by atoms with E-state index in [-0.39, 0.29) is 11.5 Å². The lowest BCUT2D eigenvalue weighted by atomic mass is 10.1. The van der Waals surface area contributed by atoms with Crippen molar-refractivity contribution in [2.75, 3.05) is 19.5 Å². The fourth-order valence-corrected chi connectivity index (χ4v) is 1.76. The average molecular weight is 261 g/mol. The monoisotopic (exact) mass is 261 g/mol. The minimum Gasteiger partial charge on any atom is -0.497 e. The number of nitrogens with one attached hydrogen (secondary N) is 1. The van der Waals surface area contributed by atoms with Gasteiger partial charge in [-0.05, 0) is 24.6 Å². The highest BCUT2D eigenvalue weighted by molar-refractivity contribution is 5.98. The van der Waals surface area contributed by atoms with Crippen molar-refractivity contribution in [3.05, 3.63) is 30.0 Å². The summed E-state index contributed by atoms with van der Waals surface area (Å²) in [6.07, 6.45) is 0. The molecule has 0 atom stereocenters. The smallest absolute Gasteiger partial charge is 0.357 e. The maximum Gasteiger partial charge on any atom is 0.357 e. The summed E-state index contributed by atoms with van der Waals surface area (Å²) >= 11 is 0. The lowest BCUT2D eigenvalue weighted by molar-refractivity contribution is 0.0520. The minimum absolute atomic E-state index is 0.254. The fourth-order valence-electron chi connectivity index (χ4n) is 1.76. The summed E-state index contributed by atoms with van der Waals surface area (Å²) < 4.78 is 10.0. The Morgan fingerprint density at radius 3 is 2.63 bits per heavy atom. The molecule has 0 aliphatic heterocycles. The van der Waals surface area contributed by atoms with E-state index < -0.39 is 5.97 Å². The summed E-state index contributed by atoms with van der Waals surface area (Å²) in [5.41, 5.74) is 7.37. The van der Waals surface area contributed by atoms with Crippen LogP contribution in [0.3, 0.4) is 0 Å². The topological polar surface area (TPSA) is 90.2 Å². The molecule has 19 heavy (non-hydrogen) atoms. The van der Waals surface area contributed by atoms with Gasteiger partial charge in [0.15, 0.2) is 11.5 Å². The Labute approximate surface area is 110 Å². The molecule has 2 rings (SSSR count). The van der Waals surface area contributed by atoms with Crippen LogP contribution in [-0.2, 0) is 4.74 Å². The van der Waals surface area contributed by atoms with Crippen molar-refractivity contribution in [3.63, 3.8) is 0 Å². The summed E-state index contributed by atoms with van der Waals surface area (Å²) in [7, 11) is 1.59. The molecule has 0 radical (unpaired) electrons. The quantitative estimate of drug-likeness (QED) is 0.819. The number of ether oxygens (including phenoxy) is 2. The molecular weight excluding hydrogens is 246 g/mol. The molecule has 0 saturated carbocycles. The molecule has 100 valence electrons. The van der Waals surface area contributed by atoms with Crippen molar-refractivity contribution < 1.29 is 14.3 Å². The zero-order chi connectivity index (χ0) is 13.8. The lowest BCUT2D eigenvalue weighted by Gasteiger charge is -2.05. The third-order valence-corrected chi connectivity index (χ3v) is 2.65. The molecule has 0 amide bonds. The van der Waals surface area contributed by atoms with Crippen LogP contribution in [0.5, 0.6) is 5.75 Å². The van der Waals surface area contributed by atoms with E-state index in [1.54, 1.807) is 26.2 Å². The van der Waals surface area contributed by atoms with Gasteiger partial charge in [0, 0.05) is 0 Å². The Bertz CT molecular complexity index is 575. The summed E-state index contributed by atoms with van der Waals surface area (Å²) in [5.74, 6) is 0.509. The van der Waals surface area contributed by atoms with Gasteiger partial charge in [-0.25, -0.2) is 4.79 Å².